The number of carbonyl (C=O) groups is 4. The van der Waals surface area contributed by atoms with E-state index in [1.165, 1.54) is 4.68 Å². The van der Waals surface area contributed by atoms with E-state index in [1.54, 1.807) is 29.9 Å². The number of ether oxygens (including phenoxy) is 4. The maximum absolute atomic E-state index is 13.5. The summed E-state index contributed by atoms with van der Waals surface area (Å²) in [6.07, 6.45) is 1.39. The van der Waals surface area contributed by atoms with Gasteiger partial charge in [0, 0.05) is 56.6 Å². The third-order valence-electron chi connectivity index (χ3n) is 9.94. The van der Waals surface area contributed by atoms with Gasteiger partial charge in [-0.05, 0) is 58.6 Å². The number of anilines is 2. The minimum atomic E-state index is -0.577. The standard InChI is InChI=1S/C37H50N12O8/c1-6-22-11-28(48(5)46-22)34(50)40-32-15-26(42-44-32)31-13-24(18-55-31)57-37(53)39-20(4)9-10-49-29(14-25(47-49)21-7-8-21)35(51)41-33-16-27(43-45-33)30-12-23(17-54-30)56-36(52)38-19(2)3/h11,14-16,19-21,23-24,30-31H,6-10,12-13,17-18H2,1-5H3,(H,38,52)(H,39,53)(H2,40,42,44,50)(H2,41,43,45,51)/t20?,23-,24-,30-,31-/m1/s1. The normalized spacial score (nSPS) is 21.0. The molecule has 0 bridgehead atoms. The fraction of sp³-hybridized carbons (Fsp3) is 0.568. The molecule has 306 valence electrons. The third-order valence-corrected chi connectivity index (χ3v) is 9.94. The van der Waals surface area contributed by atoms with E-state index in [9.17, 15) is 19.2 Å². The average Bonchev–Trinajstić information content (AvgIpc) is 3.82. The Hall–Kier alpha value is -5.76. The molecule has 3 fully saturated rings. The van der Waals surface area contributed by atoms with E-state index < -0.39 is 30.5 Å². The number of amides is 4. The number of nitrogens with zero attached hydrogens (tertiary/aromatic N) is 6. The van der Waals surface area contributed by atoms with Crippen LogP contribution in [0.1, 0.15) is 122 Å². The molecule has 4 amide bonds. The summed E-state index contributed by atoms with van der Waals surface area (Å²) in [5, 5.41) is 34.5. The predicted molar refractivity (Wildman–Crippen MR) is 203 cm³/mol. The Kier molecular flexibility index (Phi) is 11.9. The molecule has 6 heterocycles. The number of alkyl carbamates (subject to hydrolysis) is 2. The van der Waals surface area contributed by atoms with Crippen LogP contribution in [0.5, 0.6) is 0 Å². The van der Waals surface area contributed by atoms with Crippen molar-refractivity contribution in [2.45, 2.75) is 115 Å². The van der Waals surface area contributed by atoms with Crippen LogP contribution in [0.4, 0.5) is 21.2 Å². The Morgan fingerprint density at radius 2 is 1.40 bits per heavy atom. The molecule has 0 aromatic carbocycles. The molecule has 3 aliphatic rings. The Morgan fingerprint density at radius 1 is 0.825 bits per heavy atom. The highest BCUT2D eigenvalue weighted by molar-refractivity contribution is 6.03. The summed E-state index contributed by atoms with van der Waals surface area (Å²) < 4.78 is 26.0. The molecular weight excluding hydrogens is 740 g/mol. The number of aromatic nitrogens is 8. The molecule has 0 radical (unpaired) electrons. The largest absolute Gasteiger partial charge is 0.444 e. The fourth-order valence-corrected chi connectivity index (χ4v) is 6.76. The van der Waals surface area contributed by atoms with Crippen molar-refractivity contribution in [1.82, 2.24) is 50.6 Å². The molecule has 1 unspecified atom stereocenters. The number of H-pyrrole nitrogens is 2. The number of aromatic amines is 2. The summed E-state index contributed by atoms with van der Waals surface area (Å²) in [7, 11) is 1.72. The lowest BCUT2D eigenvalue weighted by molar-refractivity contribution is 0.0676. The second-order valence-corrected chi connectivity index (χ2v) is 15.1. The summed E-state index contributed by atoms with van der Waals surface area (Å²) in [6, 6.07) is 6.63. The van der Waals surface area contributed by atoms with Crippen LogP contribution >= 0.6 is 0 Å². The first kappa shape index (κ1) is 39.5. The van der Waals surface area contributed by atoms with E-state index in [0.29, 0.717) is 66.1 Å². The first-order valence-corrected chi connectivity index (χ1v) is 19.4. The van der Waals surface area contributed by atoms with Gasteiger partial charge >= 0.3 is 12.2 Å². The molecule has 6 N–H and O–H groups in total. The molecule has 20 nitrogen and oxygen atoms in total. The predicted octanol–water partition coefficient (Wildman–Crippen LogP) is 4.01. The second kappa shape index (κ2) is 17.2. The van der Waals surface area contributed by atoms with Crippen LogP contribution in [0.15, 0.2) is 24.3 Å². The van der Waals surface area contributed by atoms with E-state index in [1.807, 2.05) is 33.8 Å². The molecule has 1 aliphatic carbocycles. The van der Waals surface area contributed by atoms with Gasteiger partial charge in [-0.3, -0.25) is 29.2 Å². The molecule has 4 aromatic rings. The number of hydrogen-bond acceptors (Lipinski definition) is 12. The number of aryl methyl sites for hydroxylation is 3. The molecule has 57 heavy (non-hydrogen) atoms. The third kappa shape index (κ3) is 9.98. The van der Waals surface area contributed by atoms with Crippen molar-refractivity contribution in [2.75, 3.05) is 23.8 Å². The number of nitrogens with one attached hydrogen (secondary N) is 6. The van der Waals surface area contributed by atoms with Gasteiger partial charge < -0.3 is 40.2 Å². The van der Waals surface area contributed by atoms with Crippen LogP contribution in [-0.4, -0.2) is 101 Å². The van der Waals surface area contributed by atoms with Crippen molar-refractivity contribution in [3.05, 3.63) is 58.4 Å². The van der Waals surface area contributed by atoms with Crippen LogP contribution in [0.2, 0.25) is 0 Å². The van der Waals surface area contributed by atoms with Crippen molar-refractivity contribution in [3.63, 3.8) is 0 Å². The smallest absolute Gasteiger partial charge is 0.407 e. The van der Waals surface area contributed by atoms with E-state index in [4.69, 9.17) is 24.0 Å². The molecule has 20 heteroatoms. The maximum atomic E-state index is 13.5. The maximum Gasteiger partial charge on any atom is 0.407 e. The quantitative estimate of drug-likeness (QED) is 0.100. The fourth-order valence-electron chi connectivity index (χ4n) is 6.76. The minimum Gasteiger partial charge on any atom is -0.444 e. The summed E-state index contributed by atoms with van der Waals surface area (Å²) in [6.45, 7) is 8.37. The highest BCUT2D eigenvalue weighted by Crippen LogP contribution is 2.39. The number of carbonyl (C=O) groups excluding carboxylic acids is 4. The summed E-state index contributed by atoms with van der Waals surface area (Å²) >= 11 is 0. The van der Waals surface area contributed by atoms with Gasteiger partial charge in [0.25, 0.3) is 11.8 Å². The van der Waals surface area contributed by atoms with Gasteiger partial charge in [-0.25, -0.2) is 9.59 Å². The Morgan fingerprint density at radius 3 is 1.95 bits per heavy atom. The number of rotatable bonds is 15. The van der Waals surface area contributed by atoms with E-state index in [-0.39, 0.29) is 43.2 Å². The molecule has 2 saturated heterocycles. The molecule has 0 spiro atoms. The van der Waals surface area contributed by atoms with E-state index in [0.717, 1.165) is 30.7 Å². The molecule has 4 aromatic heterocycles. The summed E-state index contributed by atoms with van der Waals surface area (Å²) in [4.78, 5) is 51.1. The van der Waals surface area contributed by atoms with Gasteiger partial charge in [0.2, 0.25) is 0 Å². The van der Waals surface area contributed by atoms with Gasteiger partial charge in [0.05, 0.1) is 36.0 Å². The van der Waals surface area contributed by atoms with Crippen LogP contribution in [0.25, 0.3) is 0 Å². The van der Waals surface area contributed by atoms with Crippen molar-refractivity contribution in [2.24, 2.45) is 7.05 Å². The lowest BCUT2D eigenvalue weighted by Crippen LogP contribution is -2.36. The van der Waals surface area contributed by atoms with Crippen molar-refractivity contribution < 1.29 is 38.1 Å². The zero-order valence-electron chi connectivity index (χ0n) is 32.7. The molecule has 5 atom stereocenters. The zero-order valence-corrected chi connectivity index (χ0v) is 32.7. The van der Waals surface area contributed by atoms with Crippen molar-refractivity contribution in [1.29, 1.82) is 0 Å². The Bertz CT molecular complexity index is 2060. The molecule has 7 rings (SSSR count). The van der Waals surface area contributed by atoms with Crippen LogP contribution in [0.3, 0.4) is 0 Å². The monoisotopic (exact) mass is 790 g/mol. The van der Waals surface area contributed by atoms with Crippen LogP contribution in [0, 0.1) is 0 Å². The average molecular weight is 791 g/mol. The molecule has 2 aliphatic heterocycles. The van der Waals surface area contributed by atoms with Crippen LogP contribution in [-0.2, 0) is 39.0 Å². The first-order valence-electron chi connectivity index (χ1n) is 19.4. The molecular formula is C37H50N12O8. The molecule has 1 saturated carbocycles. The van der Waals surface area contributed by atoms with Crippen molar-refractivity contribution in [3.8, 4) is 0 Å². The Labute approximate surface area is 328 Å². The minimum absolute atomic E-state index is 0.0369. The zero-order chi connectivity index (χ0) is 40.2. The first-order chi connectivity index (χ1) is 27.4. The van der Waals surface area contributed by atoms with Crippen LogP contribution < -0.4 is 21.3 Å². The Balaban J connectivity index is 0.864. The SMILES string of the molecule is CCc1cc(C(=O)Nc2cc([C@H]3C[C@@H](OC(=O)NC(C)CCn4nc(C5CC5)cc4C(=O)Nc4cc([C@H]5C[C@@H](OC(=O)NC(C)C)CO5)[nH]n4)CO3)[nH]n2)n(C)n1. The second-order valence-electron chi connectivity index (χ2n) is 15.1. The summed E-state index contributed by atoms with van der Waals surface area (Å²) in [5.74, 6) is 0.294. The van der Waals surface area contributed by atoms with Gasteiger partial charge in [0.1, 0.15) is 35.8 Å². The highest BCUT2D eigenvalue weighted by atomic mass is 16.6. The van der Waals surface area contributed by atoms with Gasteiger partial charge in [-0.15, -0.1) is 0 Å². The highest BCUT2D eigenvalue weighted by Gasteiger charge is 2.33. The van der Waals surface area contributed by atoms with Gasteiger partial charge in [-0.2, -0.15) is 20.4 Å². The van der Waals surface area contributed by atoms with Crippen molar-refractivity contribution >= 4 is 35.6 Å². The topological polar surface area (TPSA) is 246 Å². The lowest BCUT2D eigenvalue weighted by Gasteiger charge is -2.17. The summed E-state index contributed by atoms with van der Waals surface area (Å²) in [5.41, 5.74) is 3.79. The van der Waals surface area contributed by atoms with E-state index in [2.05, 4.69) is 46.8 Å². The van der Waals surface area contributed by atoms with E-state index >= 15 is 0 Å². The van der Waals surface area contributed by atoms with Gasteiger partial charge in [-0.1, -0.05) is 6.92 Å². The van der Waals surface area contributed by atoms with Gasteiger partial charge in [0.15, 0.2) is 11.6 Å². The lowest BCUT2D eigenvalue weighted by atomic mass is 10.1. The number of hydrogen-bond donors (Lipinski definition) is 6.